The van der Waals surface area contributed by atoms with Crippen molar-refractivity contribution in [2.24, 2.45) is 0 Å². The SMILES string of the molecule is CS(=O)(=O)c1ccc(F)cc1N1C(=O)c2ccccc2C1=O. The van der Waals surface area contributed by atoms with Crippen LogP contribution in [0.3, 0.4) is 0 Å². The zero-order valence-corrected chi connectivity index (χ0v) is 12.2. The number of carbonyl (C=O) groups is 2. The molecule has 2 amide bonds. The van der Waals surface area contributed by atoms with Gasteiger partial charge in [-0.05, 0) is 30.3 Å². The Hall–Kier alpha value is -2.54. The van der Waals surface area contributed by atoms with Crippen molar-refractivity contribution >= 4 is 27.3 Å². The van der Waals surface area contributed by atoms with Gasteiger partial charge in [-0.25, -0.2) is 17.7 Å². The molecule has 5 nitrogen and oxygen atoms in total. The summed E-state index contributed by atoms with van der Waals surface area (Å²) in [5, 5.41) is 0. The Morgan fingerprint density at radius 2 is 1.50 bits per heavy atom. The number of fused-ring (bicyclic) bond motifs is 1. The molecule has 0 aromatic heterocycles. The van der Waals surface area contributed by atoms with E-state index >= 15 is 0 Å². The molecular weight excluding hydrogens is 309 g/mol. The Morgan fingerprint density at radius 1 is 0.955 bits per heavy atom. The molecule has 1 heterocycles. The van der Waals surface area contributed by atoms with E-state index in [-0.39, 0.29) is 21.7 Å². The maximum absolute atomic E-state index is 13.5. The van der Waals surface area contributed by atoms with Crippen LogP contribution in [0.4, 0.5) is 10.1 Å². The number of anilines is 1. The van der Waals surface area contributed by atoms with E-state index in [2.05, 4.69) is 0 Å². The summed E-state index contributed by atoms with van der Waals surface area (Å²) in [6.07, 6.45) is 0.932. The average Bonchev–Trinajstić information content (AvgIpc) is 2.70. The molecule has 0 radical (unpaired) electrons. The van der Waals surface area contributed by atoms with E-state index in [0.29, 0.717) is 4.90 Å². The van der Waals surface area contributed by atoms with Gasteiger partial charge in [0, 0.05) is 6.26 Å². The number of rotatable bonds is 2. The van der Waals surface area contributed by atoms with E-state index in [1.165, 1.54) is 12.1 Å². The third-order valence-electron chi connectivity index (χ3n) is 3.36. The van der Waals surface area contributed by atoms with Crippen LogP contribution in [0.15, 0.2) is 47.4 Å². The molecule has 0 aliphatic carbocycles. The molecule has 1 aliphatic heterocycles. The van der Waals surface area contributed by atoms with Crippen molar-refractivity contribution in [3.63, 3.8) is 0 Å². The van der Waals surface area contributed by atoms with Gasteiger partial charge in [-0.15, -0.1) is 0 Å². The van der Waals surface area contributed by atoms with Crippen molar-refractivity contribution in [3.8, 4) is 0 Å². The van der Waals surface area contributed by atoms with Crippen LogP contribution in [0, 0.1) is 5.82 Å². The monoisotopic (exact) mass is 319 g/mol. The highest BCUT2D eigenvalue weighted by Crippen LogP contribution is 2.33. The number of amides is 2. The molecule has 0 bridgehead atoms. The highest BCUT2D eigenvalue weighted by Gasteiger charge is 2.38. The summed E-state index contributed by atoms with van der Waals surface area (Å²) in [6, 6.07) is 9.01. The van der Waals surface area contributed by atoms with E-state index in [9.17, 15) is 22.4 Å². The number of benzene rings is 2. The molecule has 0 unspecified atom stereocenters. The first-order chi connectivity index (χ1) is 10.3. The maximum atomic E-state index is 13.5. The molecule has 0 atom stereocenters. The van der Waals surface area contributed by atoms with Crippen molar-refractivity contribution in [1.29, 1.82) is 0 Å². The summed E-state index contributed by atoms with van der Waals surface area (Å²) in [6.45, 7) is 0. The normalized spacial score (nSPS) is 14.4. The Kier molecular flexibility index (Phi) is 3.10. The van der Waals surface area contributed by atoms with E-state index in [0.717, 1.165) is 24.5 Å². The smallest absolute Gasteiger partial charge is 0.266 e. The summed E-state index contributed by atoms with van der Waals surface area (Å²) in [7, 11) is -3.73. The van der Waals surface area contributed by atoms with Gasteiger partial charge in [0.25, 0.3) is 11.8 Å². The molecule has 0 N–H and O–H groups in total. The second-order valence-electron chi connectivity index (χ2n) is 4.88. The van der Waals surface area contributed by atoms with E-state index < -0.39 is 27.5 Å². The molecule has 0 fully saturated rings. The quantitative estimate of drug-likeness (QED) is 0.627. The van der Waals surface area contributed by atoms with E-state index in [1.54, 1.807) is 12.1 Å². The van der Waals surface area contributed by atoms with Crippen molar-refractivity contribution < 1.29 is 22.4 Å². The Balaban J connectivity index is 2.24. The molecule has 2 aromatic rings. The predicted molar refractivity (Wildman–Crippen MR) is 77.1 cm³/mol. The number of halogens is 1. The number of carbonyl (C=O) groups excluding carboxylic acids is 2. The highest BCUT2D eigenvalue weighted by molar-refractivity contribution is 7.90. The van der Waals surface area contributed by atoms with Crippen LogP contribution in [0.25, 0.3) is 0 Å². The fraction of sp³-hybridized carbons (Fsp3) is 0.0667. The number of hydrogen-bond donors (Lipinski definition) is 0. The zero-order chi connectivity index (χ0) is 16.1. The minimum atomic E-state index is -3.73. The van der Waals surface area contributed by atoms with Gasteiger partial charge in [0.15, 0.2) is 9.84 Å². The summed E-state index contributed by atoms with van der Waals surface area (Å²) in [5.74, 6) is -2.08. The number of sulfone groups is 1. The highest BCUT2D eigenvalue weighted by atomic mass is 32.2. The molecule has 2 aromatic carbocycles. The lowest BCUT2D eigenvalue weighted by molar-refractivity contribution is 0.0925. The first-order valence-electron chi connectivity index (χ1n) is 6.28. The van der Waals surface area contributed by atoms with Crippen molar-refractivity contribution in [2.75, 3.05) is 11.2 Å². The third kappa shape index (κ3) is 2.10. The predicted octanol–water partition coefficient (Wildman–Crippen LogP) is 2.03. The van der Waals surface area contributed by atoms with Crippen LogP contribution in [-0.4, -0.2) is 26.5 Å². The summed E-state index contributed by atoms with van der Waals surface area (Å²) >= 11 is 0. The van der Waals surface area contributed by atoms with Gasteiger partial charge < -0.3 is 0 Å². The topological polar surface area (TPSA) is 71.5 Å². The Bertz CT molecular complexity index is 886. The summed E-state index contributed by atoms with van der Waals surface area (Å²) < 4.78 is 37.2. The molecular formula is C15H10FNO4S. The first-order valence-corrected chi connectivity index (χ1v) is 8.17. The van der Waals surface area contributed by atoms with Gasteiger partial charge in [-0.2, -0.15) is 0 Å². The molecule has 1 aliphatic rings. The molecule has 3 rings (SSSR count). The van der Waals surface area contributed by atoms with Gasteiger partial charge >= 0.3 is 0 Å². The molecule has 112 valence electrons. The molecule has 7 heteroatoms. The van der Waals surface area contributed by atoms with Crippen LogP contribution in [0.1, 0.15) is 20.7 Å². The lowest BCUT2D eigenvalue weighted by Gasteiger charge is -2.17. The molecule has 0 saturated carbocycles. The summed E-state index contributed by atoms with van der Waals surface area (Å²) in [5.41, 5.74) is 0.0566. The van der Waals surface area contributed by atoms with Crippen molar-refractivity contribution in [1.82, 2.24) is 0 Å². The first kappa shape index (κ1) is 14.4. The van der Waals surface area contributed by atoms with Crippen LogP contribution < -0.4 is 4.90 Å². The van der Waals surface area contributed by atoms with E-state index in [1.807, 2.05) is 0 Å². The lowest BCUT2D eigenvalue weighted by atomic mass is 10.1. The number of hydrogen-bond acceptors (Lipinski definition) is 4. The average molecular weight is 319 g/mol. The second kappa shape index (κ2) is 4.74. The minimum Gasteiger partial charge on any atom is -0.268 e. The van der Waals surface area contributed by atoms with Gasteiger partial charge in [-0.3, -0.25) is 9.59 Å². The van der Waals surface area contributed by atoms with Crippen LogP contribution in [0.2, 0.25) is 0 Å². The number of nitrogens with zero attached hydrogens (tertiary/aromatic N) is 1. The van der Waals surface area contributed by atoms with E-state index in [4.69, 9.17) is 0 Å². The zero-order valence-electron chi connectivity index (χ0n) is 11.4. The molecule has 0 spiro atoms. The van der Waals surface area contributed by atoms with Crippen LogP contribution in [-0.2, 0) is 9.84 Å². The van der Waals surface area contributed by atoms with Gasteiger partial charge in [0.05, 0.1) is 21.7 Å². The fourth-order valence-corrected chi connectivity index (χ4v) is 3.23. The molecule has 22 heavy (non-hydrogen) atoms. The van der Waals surface area contributed by atoms with Gasteiger partial charge in [0.2, 0.25) is 0 Å². The Morgan fingerprint density at radius 3 is 2.00 bits per heavy atom. The van der Waals surface area contributed by atoms with Crippen LogP contribution in [0.5, 0.6) is 0 Å². The second-order valence-corrected chi connectivity index (χ2v) is 6.86. The van der Waals surface area contributed by atoms with Crippen LogP contribution >= 0.6 is 0 Å². The minimum absolute atomic E-state index is 0.163. The largest absolute Gasteiger partial charge is 0.268 e. The van der Waals surface area contributed by atoms with Crippen molar-refractivity contribution in [3.05, 3.63) is 59.4 Å². The third-order valence-corrected chi connectivity index (χ3v) is 4.50. The lowest BCUT2D eigenvalue weighted by Crippen LogP contribution is -2.30. The number of imide groups is 1. The fourth-order valence-electron chi connectivity index (χ4n) is 2.39. The maximum Gasteiger partial charge on any atom is 0.266 e. The standard InChI is InChI=1S/C15H10FNO4S/c1-22(20,21)13-7-6-9(16)8-12(13)17-14(18)10-4-2-3-5-11(10)15(17)19/h2-8H,1H3. The van der Waals surface area contributed by atoms with Crippen molar-refractivity contribution in [2.45, 2.75) is 4.90 Å². The summed E-state index contributed by atoms with van der Waals surface area (Å²) in [4.78, 5) is 25.2. The molecule has 0 saturated heterocycles. The van der Waals surface area contributed by atoms with Gasteiger partial charge in [-0.1, -0.05) is 12.1 Å². The van der Waals surface area contributed by atoms with Gasteiger partial charge in [0.1, 0.15) is 5.82 Å². The Labute approximate surface area is 125 Å².